The van der Waals surface area contributed by atoms with Gasteiger partial charge in [0.15, 0.2) is 0 Å². The van der Waals surface area contributed by atoms with Crippen LogP contribution < -0.4 is 10.9 Å². The SMILES string of the molecule is COCCC(=O)NC[C@H]1[C@H]2C[C@H](CN(Cc3ccccc3)C2)c2cccc(=O)n21.O=CO. The van der Waals surface area contributed by atoms with E-state index in [0.29, 0.717) is 31.4 Å². The Morgan fingerprint density at radius 3 is 2.66 bits per heavy atom. The van der Waals surface area contributed by atoms with Crippen LogP contribution in [0.3, 0.4) is 0 Å². The van der Waals surface area contributed by atoms with E-state index in [1.165, 1.54) is 5.56 Å². The summed E-state index contributed by atoms with van der Waals surface area (Å²) in [5.74, 6) is 0.663. The molecule has 0 radical (unpaired) electrons. The zero-order valence-electron chi connectivity index (χ0n) is 18.4. The lowest BCUT2D eigenvalue weighted by Gasteiger charge is -2.47. The fourth-order valence-electron chi connectivity index (χ4n) is 4.87. The molecular weight excluding hydrogens is 410 g/mol. The Hall–Kier alpha value is -2.97. The predicted molar refractivity (Wildman–Crippen MR) is 121 cm³/mol. The van der Waals surface area contributed by atoms with E-state index in [9.17, 15) is 9.59 Å². The first-order valence-electron chi connectivity index (χ1n) is 10.9. The number of carboxylic acid groups (broad SMARTS) is 1. The van der Waals surface area contributed by atoms with Gasteiger partial charge in [-0.2, -0.15) is 0 Å². The van der Waals surface area contributed by atoms with Crippen molar-refractivity contribution in [3.8, 4) is 0 Å². The first-order valence-corrected chi connectivity index (χ1v) is 10.9. The van der Waals surface area contributed by atoms with Crippen molar-refractivity contribution in [1.29, 1.82) is 0 Å². The lowest BCUT2D eigenvalue weighted by Crippen LogP contribution is -2.51. The zero-order chi connectivity index (χ0) is 22.9. The van der Waals surface area contributed by atoms with Gasteiger partial charge in [0.1, 0.15) is 0 Å². The molecule has 0 spiro atoms. The summed E-state index contributed by atoms with van der Waals surface area (Å²) in [6, 6.07) is 16.1. The van der Waals surface area contributed by atoms with Crippen LogP contribution in [0.15, 0.2) is 53.3 Å². The van der Waals surface area contributed by atoms with Crippen LogP contribution in [0.25, 0.3) is 0 Å². The van der Waals surface area contributed by atoms with Crippen LogP contribution in [0.1, 0.15) is 36.1 Å². The van der Waals surface area contributed by atoms with Crippen molar-refractivity contribution in [2.75, 3.05) is 33.4 Å². The van der Waals surface area contributed by atoms with Gasteiger partial charge < -0.3 is 19.7 Å². The maximum atomic E-state index is 12.7. The van der Waals surface area contributed by atoms with Crippen molar-refractivity contribution < 1.29 is 19.4 Å². The summed E-state index contributed by atoms with van der Waals surface area (Å²) in [4.78, 5) is 35.7. The molecule has 2 N–H and O–H groups in total. The molecule has 3 heterocycles. The Kier molecular flexibility index (Phi) is 8.58. The minimum atomic E-state index is -0.250. The number of methoxy groups -OCH3 is 1. The molecule has 4 rings (SSSR count). The molecule has 8 nitrogen and oxygen atoms in total. The third kappa shape index (κ3) is 5.83. The summed E-state index contributed by atoms with van der Waals surface area (Å²) in [5.41, 5.74) is 2.44. The van der Waals surface area contributed by atoms with Crippen molar-refractivity contribution in [2.24, 2.45) is 5.92 Å². The summed E-state index contributed by atoms with van der Waals surface area (Å²) >= 11 is 0. The molecule has 32 heavy (non-hydrogen) atoms. The molecule has 0 unspecified atom stereocenters. The van der Waals surface area contributed by atoms with Gasteiger partial charge in [0.05, 0.1) is 12.6 Å². The first kappa shape index (κ1) is 23.7. The lowest BCUT2D eigenvalue weighted by molar-refractivity contribution is -0.123. The van der Waals surface area contributed by atoms with Crippen LogP contribution in [0.4, 0.5) is 0 Å². The van der Waals surface area contributed by atoms with Gasteiger partial charge in [0, 0.05) is 57.4 Å². The number of rotatable bonds is 7. The average molecular weight is 442 g/mol. The van der Waals surface area contributed by atoms with Crippen LogP contribution in [-0.4, -0.2) is 60.3 Å². The molecule has 1 amide bonds. The highest BCUT2D eigenvalue weighted by molar-refractivity contribution is 5.75. The molecule has 3 atom stereocenters. The van der Waals surface area contributed by atoms with E-state index < -0.39 is 0 Å². The summed E-state index contributed by atoms with van der Waals surface area (Å²) in [6.45, 7) is 3.45. The molecule has 2 aliphatic rings. The number of pyridine rings is 1. The first-order chi connectivity index (χ1) is 15.6. The molecule has 172 valence electrons. The second-order valence-corrected chi connectivity index (χ2v) is 8.25. The maximum Gasteiger partial charge on any atom is 0.290 e. The van der Waals surface area contributed by atoms with Gasteiger partial charge >= 0.3 is 0 Å². The molecule has 2 bridgehead atoms. The highest BCUT2D eigenvalue weighted by Crippen LogP contribution is 2.41. The normalized spacial score (nSPS) is 21.6. The van der Waals surface area contributed by atoms with Crippen molar-refractivity contribution in [3.05, 3.63) is 70.1 Å². The maximum absolute atomic E-state index is 12.7. The van der Waals surface area contributed by atoms with E-state index in [-0.39, 0.29) is 24.0 Å². The fraction of sp³-hybridized carbons (Fsp3) is 0.458. The lowest BCUT2D eigenvalue weighted by atomic mass is 9.78. The number of benzene rings is 1. The Morgan fingerprint density at radius 1 is 1.19 bits per heavy atom. The standard InChI is InChI=1S/C23H29N3O3.CH2O2/c1-29-11-10-22(27)24-13-21-19-12-18(20-8-5-9-23(28)26(20)21)15-25(16-19)14-17-6-3-2-4-7-17;2-1-3/h2-9,18-19,21H,10-16H2,1H3,(H,24,27);1H,(H,2,3)/t18-,19+,21+;/m1./s1. The number of ether oxygens (including phenoxy) is 1. The van der Waals surface area contributed by atoms with Gasteiger partial charge in [-0.05, 0) is 24.0 Å². The number of fused-ring (bicyclic) bond motifs is 4. The molecule has 2 aliphatic heterocycles. The molecule has 0 aliphatic carbocycles. The van der Waals surface area contributed by atoms with Crippen LogP contribution in [-0.2, 0) is 20.9 Å². The number of amides is 1. The third-order valence-electron chi connectivity index (χ3n) is 6.16. The molecule has 2 aromatic rings. The highest BCUT2D eigenvalue weighted by atomic mass is 16.5. The summed E-state index contributed by atoms with van der Waals surface area (Å²) < 4.78 is 6.93. The van der Waals surface area contributed by atoms with Crippen LogP contribution >= 0.6 is 0 Å². The summed E-state index contributed by atoms with van der Waals surface area (Å²) in [5, 5.41) is 9.91. The largest absolute Gasteiger partial charge is 0.483 e. The molecule has 1 aromatic carbocycles. The number of hydrogen-bond acceptors (Lipinski definition) is 5. The number of aromatic nitrogens is 1. The van der Waals surface area contributed by atoms with Gasteiger partial charge in [-0.3, -0.25) is 19.3 Å². The third-order valence-corrected chi connectivity index (χ3v) is 6.16. The molecule has 1 fully saturated rings. The molecular formula is C24H31N3O5. The number of nitrogens with one attached hydrogen (secondary N) is 1. The van der Waals surface area contributed by atoms with Crippen LogP contribution in [0, 0.1) is 5.92 Å². The number of piperidine rings is 1. The van der Waals surface area contributed by atoms with Crippen molar-refractivity contribution >= 4 is 12.4 Å². The summed E-state index contributed by atoms with van der Waals surface area (Å²) in [6.07, 6.45) is 1.40. The number of nitrogens with zero attached hydrogens (tertiary/aromatic N) is 2. The predicted octanol–water partition coefficient (Wildman–Crippen LogP) is 1.86. The van der Waals surface area contributed by atoms with E-state index in [1.807, 2.05) is 16.7 Å². The fourth-order valence-corrected chi connectivity index (χ4v) is 4.87. The minimum absolute atomic E-state index is 0.0139. The number of carbonyl (C=O) groups excluding carboxylic acids is 1. The quantitative estimate of drug-likeness (QED) is 0.636. The Bertz CT molecular complexity index is 946. The molecule has 0 saturated carbocycles. The van der Waals surface area contributed by atoms with E-state index in [1.54, 1.807) is 13.2 Å². The van der Waals surface area contributed by atoms with Crippen LogP contribution in [0.5, 0.6) is 0 Å². The van der Waals surface area contributed by atoms with E-state index >= 15 is 0 Å². The van der Waals surface area contributed by atoms with Gasteiger partial charge in [0.2, 0.25) is 5.91 Å². The van der Waals surface area contributed by atoms with Crippen molar-refractivity contribution in [2.45, 2.75) is 31.3 Å². The Labute approximate surface area is 187 Å². The molecule has 1 aromatic heterocycles. The second-order valence-electron chi connectivity index (χ2n) is 8.25. The van der Waals surface area contributed by atoms with Crippen LogP contribution in [0.2, 0.25) is 0 Å². The van der Waals surface area contributed by atoms with Gasteiger partial charge in [-0.1, -0.05) is 36.4 Å². The van der Waals surface area contributed by atoms with Crippen molar-refractivity contribution in [1.82, 2.24) is 14.8 Å². The number of likely N-dealkylation sites (tertiary alicyclic amines) is 1. The Morgan fingerprint density at radius 2 is 1.94 bits per heavy atom. The average Bonchev–Trinajstić information content (AvgIpc) is 2.79. The van der Waals surface area contributed by atoms with Gasteiger partial charge in [-0.25, -0.2) is 0 Å². The second kappa shape index (κ2) is 11.6. The Balaban J connectivity index is 0.000000913. The van der Waals surface area contributed by atoms with E-state index in [2.05, 4.69) is 40.5 Å². The minimum Gasteiger partial charge on any atom is -0.483 e. The smallest absolute Gasteiger partial charge is 0.290 e. The van der Waals surface area contributed by atoms with Gasteiger partial charge in [-0.15, -0.1) is 0 Å². The van der Waals surface area contributed by atoms with Crippen molar-refractivity contribution in [3.63, 3.8) is 0 Å². The number of carbonyl (C=O) groups is 2. The van der Waals surface area contributed by atoms with E-state index in [0.717, 1.165) is 31.7 Å². The highest BCUT2D eigenvalue weighted by Gasteiger charge is 2.40. The topological polar surface area (TPSA) is 101 Å². The zero-order valence-corrected chi connectivity index (χ0v) is 18.4. The molecule has 1 saturated heterocycles. The monoisotopic (exact) mass is 441 g/mol. The molecule has 8 heteroatoms. The van der Waals surface area contributed by atoms with Gasteiger partial charge in [0.25, 0.3) is 12.0 Å². The number of hydrogen-bond donors (Lipinski definition) is 2. The summed E-state index contributed by atoms with van der Waals surface area (Å²) in [7, 11) is 1.59. The van der Waals surface area contributed by atoms with E-state index in [4.69, 9.17) is 14.6 Å².